The van der Waals surface area contributed by atoms with E-state index in [2.05, 4.69) is 37.7 Å². The van der Waals surface area contributed by atoms with Crippen molar-refractivity contribution in [3.05, 3.63) is 24.3 Å². The molecule has 0 radical (unpaired) electrons. The largest absolute Gasteiger partial charge is 0.447 e. The van der Waals surface area contributed by atoms with Gasteiger partial charge in [0.25, 0.3) is 0 Å². The molecule has 0 spiro atoms. The molecular weight excluding hydrogens is 280 g/mol. The fourth-order valence-corrected chi connectivity index (χ4v) is 2.11. The summed E-state index contributed by atoms with van der Waals surface area (Å²) < 4.78 is 11.0. The van der Waals surface area contributed by atoms with Crippen LogP contribution in [-0.4, -0.2) is 9.97 Å². The van der Waals surface area contributed by atoms with Gasteiger partial charge in [-0.15, -0.1) is 0 Å². The Morgan fingerprint density at radius 3 is 1.55 bits per heavy atom. The van der Waals surface area contributed by atoms with Crippen LogP contribution >= 0.6 is 0 Å². The lowest BCUT2D eigenvalue weighted by molar-refractivity contribution is 0.364. The molecule has 2 rings (SSSR count). The summed E-state index contributed by atoms with van der Waals surface area (Å²) in [5.74, 6) is 1.66. The van der Waals surface area contributed by atoms with Crippen LogP contribution in [0, 0.1) is 11.8 Å². The van der Waals surface area contributed by atoms with E-state index in [0.717, 1.165) is 12.8 Å². The summed E-state index contributed by atoms with van der Waals surface area (Å²) in [6.45, 7) is 8.34. The summed E-state index contributed by atoms with van der Waals surface area (Å²) in [5, 5.41) is 0. The van der Waals surface area contributed by atoms with Crippen molar-refractivity contribution in [2.45, 2.75) is 52.6 Å². The van der Waals surface area contributed by atoms with E-state index in [4.69, 9.17) is 20.3 Å². The molecule has 0 aliphatic rings. The van der Waals surface area contributed by atoms with Crippen molar-refractivity contribution >= 4 is 0 Å². The third-order valence-corrected chi connectivity index (χ3v) is 4.39. The van der Waals surface area contributed by atoms with Gasteiger partial charge >= 0.3 is 0 Å². The molecule has 2 aromatic heterocycles. The van der Waals surface area contributed by atoms with Gasteiger partial charge < -0.3 is 20.3 Å². The normalized spacial score (nSPS) is 17.2. The van der Waals surface area contributed by atoms with Gasteiger partial charge in [-0.1, -0.05) is 40.5 Å². The van der Waals surface area contributed by atoms with Crippen LogP contribution in [-0.2, 0) is 0 Å². The van der Waals surface area contributed by atoms with Crippen molar-refractivity contribution < 1.29 is 8.83 Å². The first kappa shape index (κ1) is 16.7. The Labute approximate surface area is 131 Å². The first-order valence-corrected chi connectivity index (χ1v) is 7.90. The van der Waals surface area contributed by atoms with E-state index in [0.29, 0.717) is 35.0 Å². The van der Waals surface area contributed by atoms with Crippen LogP contribution in [0.3, 0.4) is 0 Å². The first-order chi connectivity index (χ1) is 10.5. The van der Waals surface area contributed by atoms with Gasteiger partial charge in [0.05, 0.1) is 12.1 Å². The van der Waals surface area contributed by atoms with Gasteiger partial charge in [-0.05, 0) is 11.8 Å². The minimum Gasteiger partial charge on any atom is -0.447 e. The minimum atomic E-state index is -0.215. The molecule has 4 N–H and O–H groups in total. The molecule has 2 heterocycles. The molecule has 0 aromatic carbocycles. The van der Waals surface area contributed by atoms with Crippen LogP contribution in [0.15, 0.2) is 21.4 Å². The van der Waals surface area contributed by atoms with Crippen molar-refractivity contribution in [2.75, 3.05) is 0 Å². The summed E-state index contributed by atoms with van der Waals surface area (Å²) in [5.41, 5.74) is 13.5. The Bertz CT molecular complexity index is 540. The number of hydrogen-bond donors (Lipinski definition) is 2. The monoisotopic (exact) mass is 306 g/mol. The highest BCUT2D eigenvalue weighted by atomic mass is 16.3. The van der Waals surface area contributed by atoms with Crippen LogP contribution in [0.5, 0.6) is 0 Å². The molecule has 4 atom stereocenters. The highest BCUT2D eigenvalue weighted by Gasteiger charge is 2.22. The molecule has 122 valence electrons. The van der Waals surface area contributed by atoms with Crippen molar-refractivity contribution in [2.24, 2.45) is 23.3 Å². The molecule has 22 heavy (non-hydrogen) atoms. The van der Waals surface area contributed by atoms with E-state index < -0.39 is 0 Å². The number of aromatic nitrogens is 2. The molecule has 6 nitrogen and oxygen atoms in total. The lowest BCUT2D eigenvalue weighted by Crippen LogP contribution is -2.19. The number of oxazole rings is 2. The van der Waals surface area contributed by atoms with Gasteiger partial charge in [0.15, 0.2) is 0 Å². The predicted octanol–water partition coefficient (Wildman–Crippen LogP) is 3.42. The van der Waals surface area contributed by atoms with Crippen LogP contribution in [0.2, 0.25) is 0 Å². The van der Waals surface area contributed by atoms with Gasteiger partial charge in [-0.25, -0.2) is 9.97 Å². The van der Waals surface area contributed by atoms with Gasteiger partial charge in [0.2, 0.25) is 11.8 Å². The number of nitrogens with two attached hydrogens (primary N) is 2. The lowest BCUT2D eigenvalue weighted by atomic mass is 10.0. The van der Waals surface area contributed by atoms with Gasteiger partial charge in [0.1, 0.15) is 23.9 Å². The molecule has 0 saturated carbocycles. The van der Waals surface area contributed by atoms with E-state index in [1.54, 1.807) is 12.5 Å². The topological polar surface area (TPSA) is 104 Å². The second-order valence-corrected chi connectivity index (χ2v) is 5.96. The van der Waals surface area contributed by atoms with E-state index in [-0.39, 0.29) is 12.1 Å². The number of hydrogen-bond acceptors (Lipinski definition) is 6. The molecule has 6 heteroatoms. The number of nitrogens with zero attached hydrogens (tertiary/aromatic N) is 2. The molecule has 0 unspecified atom stereocenters. The highest BCUT2D eigenvalue weighted by Crippen LogP contribution is 2.27. The molecule has 0 aliphatic carbocycles. The average Bonchev–Trinajstić information content (AvgIpc) is 3.20. The Hall–Kier alpha value is -1.66. The third-order valence-electron chi connectivity index (χ3n) is 4.39. The number of rotatable bonds is 7. The summed E-state index contributed by atoms with van der Waals surface area (Å²) >= 11 is 0. The van der Waals surface area contributed by atoms with Crippen molar-refractivity contribution in [1.29, 1.82) is 0 Å². The fourth-order valence-electron chi connectivity index (χ4n) is 2.11. The highest BCUT2D eigenvalue weighted by molar-refractivity contribution is 5.50. The minimum absolute atomic E-state index is 0.215. The standard InChI is InChI=1S/C16H26N4O2/c1-5-9(3)13(17)15-19-11(7-21-15)12-8-22-16(20-12)14(18)10(4)6-2/h7-10,13-14H,5-6,17-18H2,1-4H3/t9-,10-,13-,14-/m0/s1. The van der Waals surface area contributed by atoms with Crippen molar-refractivity contribution in [3.63, 3.8) is 0 Å². The Morgan fingerprint density at radius 1 is 0.864 bits per heavy atom. The molecule has 0 saturated heterocycles. The van der Waals surface area contributed by atoms with Gasteiger partial charge in [0, 0.05) is 0 Å². The van der Waals surface area contributed by atoms with Gasteiger partial charge in [-0.3, -0.25) is 0 Å². The predicted molar refractivity (Wildman–Crippen MR) is 84.8 cm³/mol. The summed E-state index contributed by atoms with van der Waals surface area (Å²) in [4.78, 5) is 8.86. The molecule has 0 amide bonds. The molecule has 0 aliphatic heterocycles. The van der Waals surface area contributed by atoms with Gasteiger partial charge in [-0.2, -0.15) is 0 Å². The zero-order valence-corrected chi connectivity index (χ0v) is 13.7. The fraction of sp³-hybridized carbons (Fsp3) is 0.625. The van der Waals surface area contributed by atoms with E-state index in [1.165, 1.54) is 0 Å². The zero-order valence-electron chi connectivity index (χ0n) is 13.7. The maximum atomic E-state index is 6.13. The second kappa shape index (κ2) is 7.07. The van der Waals surface area contributed by atoms with Crippen molar-refractivity contribution in [1.82, 2.24) is 9.97 Å². The van der Waals surface area contributed by atoms with Crippen LogP contribution < -0.4 is 11.5 Å². The van der Waals surface area contributed by atoms with Crippen LogP contribution in [0.4, 0.5) is 0 Å². The molecule has 2 aromatic rings. The third kappa shape index (κ3) is 3.39. The average molecular weight is 306 g/mol. The summed E-state index contributed by atoms with van der Waals surface area (Å²) in [6, 6.07) is -0.431. The van der Waals surface area contributed by atoms with E-state index in [1.807, 2.05) is 0 Å². The maximum Gasteiger partial charge on any atom is 0.211 e. The lowest BCUT2D eigenvalue weighted by Gasteiger charge is -2.14. The maximum absolute atomic E-state index is 6.13. The zero-order chi connectivity index (χ0) is 16.3. The summed E-state index contributed by atoms with van der Waals surface area (Å²) in [6.07, 6.45) is 5.06. The van der Waals surface area contributed by atoms with E-state index in [9.17, 15) is 0 Å². The van der Waals surface area contributed by atoms with Crippen LogP contribution in [0.1, 0.15) is 64.4 Å². The second-order valence-electron chi connectivity index (χ2n) is 5.96. The first-order valence-electron chi connectivity index (χ1n) is 7.90. The molecule has 0 bridgehead atoms. The molecular formula is C16H26N4O2. The Kier molecular flexibility index (Phi) is 5.37. The molecule has 0 fully saturated rings. The van der Waals surface area contributed by atoms with Crippen molar-refractivity contribution in [3.8, 4) is 11.4 Å². The Balaban J connectivity index is 2.17. The summed E-state index contributed by atoms with van der Waals surface area (Å²) in [7, 11) is 0. The Morgan fingerprint density at radius 2 is 1.23 bits per heavy atom. The smallest absolute Gasteiger partial charge is 0.211 e. The SMILES string of the molecule is CC[C@H](C)[C@H](N)c1nc(-c2coc([C@@H](N)[C@@H](C)CC)n2)co1. The quantitative estimate of drug-likeness (QED) is 0.812. The van der Waals surface area contributed by atoms with Crippen LogP contribution in [0.25, 0.3) is 11.4 Å². The van der Waals surface area contributed by atoms with E-state index >= 15 is 0 Å².